The molecule has 0 saturated heterocycles. The molecular formula is C46H61F3N4O4S. The monoisotopic (exact) mass is 822 g/mol. The summed E-state index contributed by atoms with van der Waals surface area (Å²) in [5.74, 6) is 0. The van der Waals surface area contributed by atoms with E-state index in [1.165, 1.54) is 11.4 Å². The van der Waals surface area contributed by atoms with E-state index in [0.717, 1.165) is 91.6 Å². The predicted molar refractivity (Wildman–Crippen MR) is 237 cm³/mol. The van der Waals surface area contributed by atoms with E-state index in [1.807, 2.05) is 12.2 Å². The lowest BCUT2D eigenvalue weighted by atomic mass is 9.85. The first-order valence-corrected chi connectivity index (χ1v) is 21.6. The number of allylic oxidation sites excluding steroid dienone is 2. The summed E-state index contributed by atoms with van der Waals surface area (Å²) in [6.45, 7) is 25.1. The Balaban J connectivity index is 0.00000101. The molecule has 0 spiro atoms. The molecule has 12 heteroatoms. The van der Waals surface area contributed by atoms with Crippen LogP contribution >= 0.6 is 0 Å². The van der Waals surface area contributed by atoms with E-state index in [1.54, 1.807) is 0 Å². The van der Waals surface area contributed by atoms with Gasteiger partial charge in [0.15, 0.2) is 0 Å². The molecule has 2 N–H and O–H groups in total. The number of rotatable bonds is 18. The molecule has 0 radical (unpaired) electrons. The molecule has 8 nitrogen and oxygen atoms in total. The fourth-order valence-electron chi connectivity index (χ4n) is 6.91. The van der Waals surface area contributed by atoms with Crippen molar-refractivity contribution >= 4 is 38.4 Å². The quantitative estimate of drug-likeness (QED) is 0.0583. The van der Waals surface area contributed by atoms with Gasteiger partial charge in [-0.3, -0.25) is 4.55 Å². The fraction of sp³-hybridized carbons (Fsp3) is 0.391. The van der Waals surface area contributed by atoms with Gasteiger partial charge >= 0.3 is 15.6 Å². The average Bonchev–Trinajstić information content (AvgIpc) is 3.22. The van der Waals surface area contributed by atoms with Gasteiger partial charge in [-0.25, -0.2) is 0 Å². The molecule has 58 heavy (non-hydrogen) atoms. The number of alkyl halides is 3. The van der Waals surface area contributed by atoms with Crippen molar-refractivity contribution in [1.82, 2.24) is 0 Å². The molecule has 0 heterocycles. The maximum atomic E-state index is 12.6. The smallest absolute Gasteiger partial charge is 0.377 e. The first-order chi connectivity index (χ1) is 27.5. The largest absolute Gasteiger partial charge is 0.522 e. The molecule has 316 valence electrons. The number of aliphatic hydroxyl groups is 1. The maximum absolute atomic E-state index is 12.6. The molecule has 0 unspecified atom stereocenters. The molecule has 4 aromatic rings. The van der Waals surface area contributed by atoms with E-state index >= 15 is 0 Å². The van der Waals surface area contributed by atoms with E-state index < -0.39 is 21.2 Å². The van der Waals surface area contributed by atoms with Gasteiger partial charge in [0, 0.05) is 75.1 Å². The first kappa shape index (κ1) is 47.6. The standard InChI is InChI=1S/C45H60N4O.CHF3O3S/c1-9-46(10-2)40-27-19-36(20-28-40)44(37-21-29-41(30-22-37)47(11-3)12-4)18-17-35-45(50,38-23-31-42(32-24-38)48(13-5)14-6)39-25-33-43(34-26-39)49(15-7)16-8;2-1(3,4)8(5,6)7/h17-35,50H,9-16H2,1-8H3;(H,5,6,7)/b35-17+;. The highest BCUT2D eigenvalue weighted by molar-refractivity contribution is 7.86. The number of benzene rings is 4. The molecule has 0 atom stereocenters. The Labute approximate surface area is 344 Å². The van der Waals surface area contributed by atoms with Crippen LogP contribution in [-0.2, 0) is 15.7 Å². The molecule has 0 aliphatic heterocycles. The van der Waals surface area contributed by atoms with Gasteiger partial charge in [0.05, 0.1) is 0 Å². The van der Waals surface area contributed by atoms with Crippen molar-refractivity contribution in [2.75, 3.05) is 72.0 Å². The Bertz CT molecular complexity index is 1870. The third-order valence-corrected chi connectivity index (χ3v) is 11.0. The van der Waals surface area contributed by atoms with Crippen LogP contribution in [0.1, 0.15) is 77.6 Å². The van der Waals surface area contributed by atoms with Gasteiger partial charge in [-0.2, -0.15) is 21.6 Å². The Morgan fingerprint density at radius 2 is 0.759 bits per heavy atom. The van der Waals surface area contributed by atoms with Crippen molar-refractivity contribution in [3.63, 3.8) is 0 Å². The van der Waals surface area contributed by atoms with Gasteiger partial charge in [-0.05, 0) is 138 Å². The summed E-state index contributed by atoms with van der Waals surface area (Å²) in [7, 11) is -5.84. The Kier molecular flexibility index (Phi) is 17.9. The summed E-state index contributed by atoms with van der Waals surface area (Å²) >= 11 is 0. The molecule has 0 saturated carbocycles. The zero-order chi connectivity index (χ0) is 43.1. The van der Waals surface area contributed by atoms with Crippen LogP contribution in [-0.4, -0.2) is 75.9 Å². The van der Waals surface area contributed by atoms with Crippen molar-refractivity contribution in [2.24, 2.45) is 0 Å². The second-order valence-electron chi connectivity index (χ2n) is 13.5. The Morgan fingerprint density at radius 1 is 0.517 bits per heavy atom. The molecule has 0 aliphatic carbocycles. The lowest BCUT2D eigenvalue weighted by Crippen LogP contribution is -2.26. The van der Waals surface area contributed by atoms with E-state index in [2.05, 4.69) is 178 Å². The molecule has 0 bridgehead atoms. The zero-order valence-electron chi connectivity index (χ0n) is 35.2. The van der Waals surface area contributed by atoms with E-state index in [9.17, 15) is 18.3 Å². The molecule has 4 aromatic carbocycles. The van der Waals surface area contributed by atoms with Crippen LogP contribution in [0.5, 0.6) is 0 Å². The van der Waals surface area contributed by atoms with Crippen molar-refractivity contribution < 1.29 is 31.2 Å². The highest BCUT2D eigenvalue weighted by Crippen LogP contribution is 2.35. The summed E-state index contributed by atoms with van der Waals surface area (Å²) in [6, 6.07) is 34.5. The van der Waals surface area contributed by atoms with Crippen molar-refractivity contribution in [3.05, 3.63) is 138 Å². The van der Waals surface area contributed by atoms with E-state index in [4.69, 9.17) is 13.0 Å². The van der Waals surface area contributed by atoms with Crippen molar-refractivity contribution in [2.45, 2.75) is 66.5 Å². The molecule has 0 aromatic heterocycles. The van der Waals surface area contributed by atoms with Crippen LogP contribution in [0, 0.1) is 0 Å². The van der Waals surface area contributed by atoms with Gasteiger partial charge in [-0.15, -0.1) is 0 Å². The van der Waals surface area contributed by atoms with Crippen LogP contribution in [0.2, 0.25) is 0 Å². The lowest BCUT2D eigenvalue weighted by Gasteiger charge is -2.29. The number of anilines is 4. The second kappa shape index (κ2) is 21.8. The fourth-order valence-corrected chi connectivity index (χ4v) is 6.91. The van der Waals surface area contributed by atoms with Crippen LogP contribution in [0.25, 0.3) is 5.57 Å². The number of halogens is 3. The van der Waals surface area contributed by atoms with Crippen molar-refractivity contribution in [3.8, 4) is 0 Å². The summed E-state index contributed by atoms with van der Waals surface area (Å²) in [5, 5.41) is 12.6. The number of hydrogen-bond acceptors (Lipinski definition) is 7. The van der Waals surface area contributed by atoms with E-state index in [0.29, 0.717) is 0 Å². The summed E-state index contributed by atoms with van der Waals surface area (Å²) in [5.41, 5.74) is 2.95. The zero-order valence-corrected chi connectivity index (χ0v) is 36.0. The lowest BCUT2D eigenvalue weighted by molar-refractivity contribution is -0.0510. The highest BCUT2D eigenvalue weighted by Gasteiger charge is 2.44. The minimum Gasteiger partial charge on any atom is -0.377 e. The van der Waals surface area contributed by atoms with Crippen LogP contribution < -0.4 is 19.6 Å². The second-order valence-corrected chi connectivity index (χ2v) is 14.9. The van der Waals surface area contributed by atoms with Gasteiger partial charge in [0.1, 0.15) is 5.60 Å². The van der Waals surface area contributed by atoms with Crippen LogP contribution in [0.15, 0.2) is 115 Å². The van der Waals surface area contributed by atoms with Gasteiger partial charge < -0.3 is 24.7 Å². The number of hydrogen-bond donors (Lipinski definition) is 2. The van der Waals surface area contributed by atoms with Crippen molar-refractivity contribution in [1.29, 1.82) is 0 Å². The summed E-state index contributed by atoms with van der Waals surface area (Å²) in [4.78, 5) is 9.37. The minimum absolute atomic E-state index is 0.836. The summed E-state index contributed by atoms with van der Waals surface area (Å²) < 4.78 is 57.5. The Morgan fingerprint density at radius 3 is 0.983 bits per heavy atom. The predicted octanol–water partition coefficient (Wildman–Crippen LogP) is 10.4. The molecule has 0 fully saturated rings. The molecular weight excluding hydrogens is 762 g/mol. The van der Waals surface area contributed by atoms with Gasteiger partial charge in [0.2, 0.25) is 0 Å². The molecule has 0 amide bonds. The normalized spacial score (nSPS) is 11.8. The summed E-state index contributed by atoms with van der Waals surface area (Å²) in [6.07, 6.45) is 6.13. The van der Waals surface area contributed by atoms with Gasteiger partial charge in [-0.1, -0.05) is 60.7 Å². The minimum atomic E-state index is -5.84. The SMILES string of the molecule is CCN(CC)c1ccc(C(=C/C=C/C(O)(c2ccc(N(CC)CC)cc2)c2ccc(N(CC)CC)cc2)c2ccc(N(CC)CC)cc2)cc1.O=S(=O)(O)C(F)(F)F. The maximum Gasteiger partial charge on any atom is 0.522 e. The topological polar surface area (TPSA) is 87.6 Å². The third kappa shape index (κ3) is 12.1. The van der Waals surface area contributed by atoms with Crippen LogP contribution in [0.3, 0.4) is 0 Å². The molecule has 0 aliphatic rings. The highest BCUT2D eigenvalue weighted by atomic mass is 32.2. The van der Waals surface area contributed by atoms with E-state index in [-0.39, 0.29) is 0 Å². The Hall–Kier alpha value is -4.78. The molecule has 4 rings (SSSR count). The van der Waals surface area contributed by atoms with Crippen LogP contribution in [0.4, 0.5) is 35.9 Å². The number of nitrogens with zero attached hydrogens (tertiary/aromatic N) is 4. The first-order valence-electron chi connectivity index (χ1n) is 20.1. The average molecular weight is 823 g/mol. The van der Waals surface area contributed by atoms with Gasteiger partial charge in [0.25, 0.3) is 0 Å². The third-order valence-electron chi connectivity index (χ3n) is 10.4.